The molecule has 0 spiro atoms. The quantitative estimate of drug-likeness (QED) is 0.474. The van der Waals surface area contributed by atoms with Crippen LogP contribution in [-0.2, 0) is 17.4 Å². The maximum Gasteiger partial charge on any atom is 0.416 e. The number of H-pyrrole nitrogens is 1. The number of hydrogen-bond acceptors (Lipinski definition) is 1. The Balaban J connectivity index is 2.14. The van der Waals surface area contributed by atoms with Crippen molar-refractivity contribution in [1.29, 1.82) is 0 Å². The average molecular weight is 416 g/mol. The van der Waals surface area contributed by atoms with E-state index in [1.54, 1.807) is 12.3 Å². The van der Waals surface area contributed by atoms with Crippen molar-refractivity contribution in [3.8, 4) is 0 Å². The Kier molecular flexibility index (Phi) is 6.54. The molecule has 3 nitrogen and oxygen atoms in total. The van der Waals surface area contributed by atoms with E-state index in [2.05, 4.69) is 10.3 Å². The molecule has 30 heavy (non-hydrogen) atoms. The second-order valence-electron chi connectivity index (χ2n) is 7.66. The highest BCUT2D eigenvalue weighted by atomic mass is 19.4. The molecular formula is C24H27F3N2O. The van der Waals surface area contributed by atoms with E-state index in [0.717, 1.165) is 35.4 Å². The van der Waals surface area contributed by atoms with Crippen molar-refractivity contribution >= 4 is 16.8 Å². The summed E-state index contributed by atoms with van der Waals surface area (Å²) in [6, 6.07) is 11.3. The third kappa shape index (κ3) is 4.53. The van der Waals surface area contributed by atoms with Crippen LogP contribution in [0.3, 0.4) is 0 Å². The van der Waals surface area contributed by atoms with Crippen LogP contribution in [0.25, 0.3) is 10.9 Å². The first-order valence-electron chi connectivity index (χ1n) is 10.3. The number of benzene rings is 2. The number of hydrogen-bond donors (Lipinski definition) is 2. The predicted octanol–water partition coefficient (Wildman–Crippen LogP) is 6.19. The van der Waals surface area contributed by atoms with Crippen LogP contribution in [0.15, 0.2) is 48.7 Å². The van der Waals surface area contributed by atoms with Crippen LogP contribution in [-0.4, -0.2) is 16.9 Å². The molecule has 1 amide bonds. The van der Waals surface area contributed by atoms with Gasteiger partial charge in [0.05, 0.1) is 5.56 Å². The summed E-state index contributed by atoms with van der Waals surface area (Å²) in [7, 11) is 0. The first-order valence-corrected chi connectivity index (χ1v) is 10.3. The Morgan fingerprint density at radius 1 is 1.07 bits per heavy atom. The number of fused-ring (bicyclic) bond motifs is 1. The number of carbonyl (C=O) groups excluding carboxylic acids is 1. The van der Waals surface area contributed by atoms with E-state index >= 15 is 0 Å². The molecule has 6 heteroatoms. The van der Waals surface area contributed by atoms with E-state index < -0.39 is 17.7 Å². The maximum absolute atomic E-state index is 13.8. The smallest absolute Gasteiger partial charge is 0.361 e. The Labute approximate surface area is 174 Å². The van der Waals surface area contributed by atoms with Crippen LogP contribution in [0, 0.1) is 0 Å². The standard InChI is InChI=1S/C24H27F3N2O/c1-4-15(3)29-22(30)13-19(17-10-6-7-12-21(17)24(25,26)27)20-14-28-23-16(5-2)9-8-11-18(20)23/h6-12,14-15,19,28H,4-5,13H2,1-3H3,(H,29,30)/t15-,19-/m1/s1. The van der Waals surface area contributed by atoms with Gasteiger partial charge in [0.15, 0.2) is 0 Å². The molecule has 0 unspecified atom stereocenters. The third-order valence-electron chi connectivity index (χ3n) is 5.64. The van der Waals surface area contributed by atoms with E-state index in [1.165, 1.54) is 12.1 Å². The lowest BCUT2D eigenvalue weighted by Gasteiger charge is -2.22. The van der Waals surface area contributed by atoms with Crippen molar-refractivity contribution in [2.45, 2.75) is 58.2 Å². The Bertz CT molecular complexity index is 1020. The monoisotopic (exact) mass is 416 g/mol. The largest absolute Gasteiger partial charge is 0.416 e. The van der Waals surface area contributed by atoms with Gasteiger partial charge in [-0.2, -0.15) is 13.2 Å². The lowest BCUT2D eigenvalue weighted by Crippen LogP contribution is -2.33. The number of aryl methyl sites for hydroxylation is 1. The van der Waals surface area contributed by atoms with Gasteiger partial charge in [-0.1, -0.05) is 50.2 Å². The van der Waals surface area contributed by atoms with Crippen molar-refractivity contribution in [1.82, 2.24) is 10.3 Å². The maximum atomic E-state index is 13.8. The molecule has 0 saturated heterocycles. The molecule has 0 aliphatic carbocycles. The molecule has 2 atom stereocenters. The minimum Gasteiger partial charge on any atom is -0.361 e. The summed E-state index contributed by atoms with van der Waals surface area (Å²) < 4.78 is 41.3. The fourth-order valence-electron chi connectivity index (χ4n) is 3.89. The Hall–Kier alpha value is -2.76. The third-order valence-corrected chi connectivity index (χ3v) is 5.64. The number of nitrogens with one attached hydrogen (secondary N) is 2. The first-order chi connectivity index (χ1) is 14.3. The lowest BCUT2D eigenvalue weighted by molar-refractivity contribution is -0.138. The fourth-order valence-corrected chi connectivity index (χ4v) is 3.89. The number of alkyl halides is 3. The SMILES string of the molecule is CCc1cccc2c([C@H](CC(=O)N[C@H](C)CC)c3ccccc3C(F)(F)F)c[nH]c12. The van der Waals surface area contributed by atoms with Crippen LogP contribution in [0.2, 0.25) is 0 Å². The number of carbonyl (C=O) groups is 1. The zero-order valence-corrected chi connectivity index (χ0v) is 17.4. The van der Waals surface area contributed by atoms with Gasteiger partial charge < -0.3 is 10.3 Å². The highest BCUT2D eigenvalue weighted by Crippen LogP contribution is 2.41. The fraction of sp³-hybridized carbons (Fsp3) is 0.375. The van der Waals surface area contributed by atoms with Crippen LogP contribution in [0.5, 0.6) is 0 Å². The number of para-hydroxylation sites is 1. The highest BCUT2D eigenvalue weighted by Gasteiger charge is 2.36. The predicted molar refractivity (Wildman–Crippen MR) is 113 cm³/mol. The molecular weight excluding hydrogens is 389 g/mol. The summed E-state index contributed by atoms with van der Waals surface area (Å²) in [6.07, 6.45) is -1.25. The van der Waals surface area contributed by atoms with E-state index in [4.69, 9.17) is 0 Å². The van der Waals surface area contributed by atoms with Gasteiger partial charge >= 0.3 is 6.18 Å². The molecule has 0 aliphatic rings. The number of rotatable bonds is 7. The van der Waals surface area contributed by atoms with Crippen LogP contribution in [0.4, 0.5) is 13.2 Å². The summed E-state index contributed by atoms with van der Waals surface area (Å²) in [5.74, 6) is -0.972. The zero-order chi connectivity index (χ0) is 21.9. The molecule has 0 saturated carbocycles. The summed E-state index contributed by atoms with van der Waals surface area (Å²) in [4.78, 5) is 15.9. The molecule has 2 aromatic carbocycles. The Morgan fingerprint density at radius 3 is 2.47 bits per heavy atom. The summed E-state index contributed by atoms with van der Waals surface area (Å²) >= 11 is 0. The number of amides is 1. The molecule has 0 bridgehead atoms. The topological polar surface area (TPSA) is 44.9 Å². The molecule has 3 rings (SSSR count). The molecule has 0 radical (unpaired) electrons. The molecule has 2 N–H and O–H groups in total. The summed E-state index contributed by atoms with van der Waals surface area (Å²) in [5.41, 5.74) is 2.12. The van der Waals surface area contributed by atoms with Crippen LogP contribution < -0.4 is 5.32 Å². The van der Waals surface area contributed by atoms with Gasteiger partial charge in [-0.05, 0) is 42.5 Å². The zero-order valence-electron chi connectivity index (χ0n) is 17.4. The second-order valence-corrected chi connectivity index (χ2v) is 7.66. The van der Waals surface area contributed by atoms with Crippen LogP contribution in [0.1, 0.15) is 61.8 Å². The first kappa shape index (κ1) is 21.9. The van der Waals surface area contributed by atoms with Crippen molar-refractivity contribution in [2.24, 2.45) is 0 Å². The minimum absolute atomic E-state index is 0.0364. The summed E-state index contributed by atoms with van der Waals surface area (Å²) in [5, 5.41) is 3.74. The molecule has 160 valence electrons. The van der Waals surface area contributed by atoms with E-state index in [1.807, 2.05) is 39.0 Å². The number of aromatic amines is 1. The molecule has 0 aliphatic heterocycles. The van der Waals surface area contributed by atoms with Crippen molar-refractivity contribution < 1.29 is 18.0 Å². The van der Waals surface area contributed by atoms with E-state index in [-0.39, 0.29) is 23.9 Å². The lowest BCUT2D eigenvalue weighted by atomic mass is 9.84. The second kappa shape index (κ2) is 8.94. The number of aromatic nitrogens is 1. The van der Waals surface area contributed by atoms with Gasteiger partial charge in [0.1, 0.15) is 0 Å². The molecule has 1 heterocycles. The van der Waals surface area contributed by atoms with Crippen molar-refractivity contribution in [3.63, 3.8) is 0 Å². The van der Waals surface area contributed by atoms with Crippen LogP contribution >= 0.6 is 0 Å². The molecule has 1 aromatic heterocycles. The van der Waals surface area contributed by atoms with E-state index in [9.17, 15) is 18.0 Å². The number of halogens is 3. The van der Waals surface area contributed by atoms with Gasteiger partial charge in [-0.3, -0.25) is 4.79 Å². The highest BCUT2D eigenvalue weighted by molar-refractivity contribution is 5.88. The van der Waals surface area contributed by atoms with Gasteiger partial charge in [0.2, 0.25) is 5.91 Å². The van der Waals surface area contributed by atoms with Gasteiger partial charge in [-0.25, -0.2) is 0 Å². The van der Waals surface area contributed by atoms with Gasteiger partial charge in [0.25, 0.3) is 0 Å². The minimum atomic E-state index is -4.50. The van der Waals surface area contributed by atoms with Crippen molar-refractivity contribution in [2.75, 3.05) is 0 Å². The molecule has 3 aromatic rings. The van der Waals surface area contributed by atoms with Crippen molar-refractivity contribution in [3.05, 3.63) is 70.9 Å². The van der Waals surface area contributed by atoms with Gasteiger partial charge in [-0.15, -0.1) is 0 Å². The normalized spacial score (nSPS) is 13.9. The average Bonchev–Trinajstić information content (AvgIpc) is 3.15. The van der Waals surface area contributed by atoms with Gasteiger partial charge in [0, 0.05) is 35.5 Å². The molecule has 0 fully saturated rings. The Morgan fingerprint density at radius 2 is 1.80 bits per heavy atom. The van der Waals surface area contributed by atoms with E-state index in [0.29, 0.717) is 5.56 Å². The summed E-state index contributed by atoms with van der Waals surface area (Å²) in [6.45, 7) is 5.87.